The second kappa shape index (κ2) is 14.5. The number of anilines is 4. The Bertz CT molecular complexity index is 2050. The molecule has 1 aliphatic carbocycles. The molecule has 4 aromatic rings. The summed E-state index contributed by atoms with van der Waals surface area (Å²) in [5.74, 6) is 1.49. The van der Waals surface area contributed by atoms with Crippen molar-refractivity contribution < 1.29 is 19.1 Å². The highest BCUT2D eigenvalue weighted by molar-refractivity contribution is 6.74. The number of aromatic nitrogens is 4. The Balaban J connectivity index is 1.36. The second-order valence-electron chi connectivity index (χ2n) is 14.8. The summed E-state index contributed by atoms with van der Waals surface area (Å²) in [6.45, 7) is 12.1. The molecule has 2 fully saturated rings. The predicted octanol–water partition coefficient (Wildman–Crippen LogP) is 6.68. The minimum absolute atomic E-state index is 0.0944. The van der Waals surface area contributed by atoms with Crippen LogP contribution in [0.3, 0.4) is 0 Å². The Morgan fingerprint density at radius 3 is 2.50 bits per heavy atom. The van der Waals surface area contributed by atoms with Crippen molar-refractivity contribution in [2.24, 2.45) is 0 Å². The number of nitrogens with one attached hydrogen (secondary N) is 2. The highest BCUT2D eigenvalue weighted by atomic mass is 35.5. The Hall–Kier alpha value is -5.09. The van der Waals surface area contributed by atoms with Gasteiger partial charge in [-0.05, 0) is 67.2 Å². The number of piperidine rings is 1. The van der Waals surface area contributed by atoms with Gasteiger partial charge in [-0.15, -0.1) is 5.10 Å². The van der Waals surface area contributed by atoms with E-state index in [9.17, 15) is 20.4 Å². The predicted molar refractivity (Wildman–Crippen MR) is 201 cm³/mol. The first-order chi connectivity index (χ1) is 24.7. The average molecular weight is 743 g/mol. The number of hydrogen-bond donors (Lipinski definition) is 3. The molecule has 6 rings (SSSR count). The minimum atomic E-state index is -2.30. The van der Waals surface area contributed by atoms with Crippen LogP contribution in [0.4, 0.5) is 27.9 Å². The number of nitriles is 2. The molecular weight excluding hydrogens is 700 g/mol. The standard InChI is InChI=1S/C36H43ClN10O4Si/c1-36(2,3)52(5,6)51-30-21-45(14-13-27(30)42-35(48)49)29-16-23(17-38)15-28(31(29)37)41-34-43-33(32-40-19-25(18-39)47(32)44-34)46(24-9-10-24)20-22-7-11-26(50-4)12-8-22/h7-8,11-12,15-16,19,24,27,30,42H,9-10,13-14,20-21H2,1-6H3,(H,41,44)(H,48,49)/t27-,30-/m0/s1. The molecule has 16 heteroatoms. The molecule has 52 heavy (non-hydrogen) atoms. The first kappa shape index (κ1) is 36.7. The van der Waals surface area contributed by atoms with Crippen LogP contribution in [-0.2, 0) is 11.0 Å². The van der Waals surface area contributed by atoms with E-state index in [0.29, 0.717) is 59.5 Å². The summed E-state index contributed by atoms with van der Waals surface area (Å²) >= 11 is 7.14. The molecule has 272 valence electrons. The van der Waals surface area contributed by atoms with Crippen LogP contribution < -0.4 is 25.2 Å². The molecule has 0 bridgehead atoms. The lowest BCUT2D eigenvalue weighted by molar-refractivity contribution is 0.115. The van der Waals surface area contributed by atoms with Gasteiger partial charge in [0.15, 0.2) is 25.5 Å². The second-order valence-corrected chi connectivity index (χ2v) is 19.9. The van der Waals surface area contributed by atoms with E-state index in [2.05, 4.69) is 71.6 Å². The zero-order chi connectivity index (χ0) is 37.4. The normalized spacial score (nSPS) is 17.7. The van der Waals surface area contributed by atoms with Crippen LogP contribution in [0.2, 0.25) is 23.2 Å². The fraction of sp³-hybridized carbons (Fsp3) is 0.444. The first-order valence-corrected chi connectivity index (χ1v) is 20.5. The molecule has 2 aromatic heterocycles. The molecule has 3 heterocycles. The van der Waals surface area contributed by atoms with E-state index in [0.717, 1.165) is 24.2 Å². The number of imidazole rings is 1. The van der Waals surface area contributed by atoms with Gasteiger partial charge in [-0.2, -0.15) is 20.0 Å². The zero-order valence-corrected chi connectivity index (χ0v) is 31.9. The summed E-state index contributed by atoms with van der Waals surface area (Å²) < 4.78 is 13.6. The van der Waals surface area contributed by atoms with Gasteiger partial charge in [0.05, 0.1) is 53.5 Å². The Morgan fingerprint density at radius 1 is 1.15 bits per heavy atom. The fourth-order valence-corrected chi connectivity index (χ4v) is 7.75. The maximum atomic E-state index is 11.7. The van der Waals surface area contributed by atoms with E-state index < -0.39 is 26.6 Å². The maximum absolute atomic E-state index is 11.7. The molecule has 0 spiro atoms. The van der Waals surface area contributed by atoms with Crippen molar-refractivity contribution >= 4 is 54.8 Å². The van der Waals surface area contributed by atoms with Gasteiger partial charge in [0.25, 0.3) is 0 Å². The summed E-state index contributed by atoms with van der Waals surface area (Å²) in [6, 6.07) is 15.4. The van der Waals surface area contributed by atoms with E-state index in [-0.39, 0.29) is 22.7 Å². The molecule has 1 aliphatic heterocycles. The molecule has 3 N–H and O–H groups in total. The number of nitrogens with zero attached hydrogens (tertiary/aromatic N) is 8. The third kappa shape index (κ3) is 7.72. The number of carboxylic acid groups (broad SMARTS) is 1. The van der Waals surface area contributed by atoms with Gasteiger partial charge >= 0.3 is 6.09 Å². The molecule has 0 radical (unpaired) electrons. The van der Waals surface area contributed by atoms with Crippen molar-refractivity contribution in [2.45, 2.75) is 82.9 Å². The number of fused-ring (bicyclic) bond motifs is 1. The maximum Gasteiger partial charge on any atom is 0.404 e. The van der Waals surface area contributed by atoms with Gasteiger partial charge in [-0.3, -0.25) is 0 Å². The molecule has 2 aromatic carbocycles. The number of benzene rings is 2. The van der Waals surface area contributed by atoms with Crippen LogP contribution in [0.1, 0.15) is 56.9 Å². The van der Waals surface area contributed by atoms with Gasteiger partial charge in [0.1, 0.15) is 11.8 Å². The lowest BCUT2D eigenvalue weighted by atomic mass is 10.0. The van der Waals surface area contributed by atoms with Crippen molar-refractivity contribution in [1.82, 2.24) is 24.9 Å². The van der Waals surface area contributed by atoms with E-state index in [1.165, 1.54) is 10.7 Å². The molecule has 2 aliphatic rings. The first-order valence-electron chi connectivity index (χ1n) is 17.2. The zero-order valence-electron chi connectivity index (χ0n) is 30.1. The highest BCUT2D eigenvalue weighted by Crippen LogP contribution is 2.41. The quantitative estimate of drug-likeness (QED) is 0.139. The third-order valence-electron chi connectivity index (χ3n) is 10.1. The van der Waals surface area contributed by atoms with Crippen molar-refractivity contribution in [3.8, 4) is 17.9 Å². The van der Waals surface area contributed by atoms with Gasteiger partial charge < -0.3 is 34.7 Å². The number of carbonyl (C=O) groups is 1. The van der Waals surface area contributed by atoms with Crippen molar-refractivity contribution in [2.75, 3.05) is 35.3 Å². The molecule has 1 amide bonds. The number of hydrogen-bond acceptors (Lipinski definition) is 11. The molecule has 1 saturated carbocycles. The summed E-state index contributed by atoms with van der Waals surface area (Å²) in [7, 11) is -0.663. The number of rotatable bonds is 11. The van der Waals surface area contributed by atoms with Crippen LogP contribution >= 0.6 is 11.6 Å². The minimum Gasteiger partial charge on any atom is -0.497 e. The van der Waals surface area contributed by atoms with Gasteiger partial charge in [-0.1, -0.05) is 44.5 Å². The molecule has 1 saturated heterocycles. The van der Waals surface area contributed by atoms with Crippen molar-refractivity contribution in [1.29, 1.82) is 10.5 Å². The third-order valence-corrected chi connectivity index (χ3v) is 15.0. The van der Waals surface area contributed by atoms with Crippen LogP contribution in [0, 0.1) is 22.7 Å². The summed E-state index contributed by atoms with van der Waals surface area (Å²) in [4.78, 5) is 25.4. The highest BCUT2D eigenvalue weighted by Gasteiger charge is 2.43. The lowest BCUT2D eigenvalue weighted by Crippen LogP contribution is -2.59. The molecule has 0 unspecified atom stereocenters. The average Bonchev–Trinajstić information content (AvgIpc) is 3.86. The monoisotopic (exact) mass is 742 g/mol. The van der Waals surface area contributed by atoms with Crippen LogP contribution in [0.25, 0.3) is 5.65 Å². The lowest BCUT2D eigenvalue weighted by Gasteiger charge is -2.46. The van der Waals surface area contributed by atoms with Gasteiger partial charge in [0, 0.05) is 25.7 Å². The smallest absolute Gasteiger partial charge is 0.404 e. The van der Waals surface area contributed by atoms with E-state index in [1.54, 1.807) is 19.2 Å². The number of methoxy groups -OCH3 is 1. The Morgan fingerprint density at radius 2 is 1.88 bits per heavy atom. The fourth-order valence-electron chi connectivity index (χ4n) is 6.13. The van der Waals surface area contributed by atoms with E-state index in [4.69, 9.17) is 25.7 Å². The number of ether oxygens (including phenoxy) is 1. The topological polar surface area (TPSA) is 177 Å². The number of halogens is 1. The van der Waals surface area contributed by atoms with Gasteiger partial charge in [-0.25, -0.2) is 9.78 Å². The summed E-state index contributed by atoms with van der Waals surface area (Å²) in [6.07, 6.45) is 2.38. The SMILES string of the molecule is COc1ccc(CN(c2nc(Nc3cc(C#N)cc(N4CC[C@H](NC(=O)O)[C@@H](O[Si](C)(C)C(C)(C)C)C4)c3Cl)nn3c(C#N)cnc23)C2CC2)cc1. The number of amides is 1. The summed E-state index contributed by atoms with van der Waals surface area (Å²) in [5, 5.41) is 40.4. The van der Waals surface area contributed by atoms with E-state index >= 15 is 0 Å². The molecule has 14 nitrogen and oxygen atoms in total. The van der Waals surface area contributed by atoms with Crippen molar-refractivity contribution in [3.63, 3.8) is 0 Å². The van der Waals surface area contributed by atoms with Crippen LogP contribution in [0.15, 0.2) is 42.6 Å². The summed E-state index contributed by atoms with van der Waals surface area (Å²) in [5.41, 5.74) is 3.10. The largest absolute Gasteiger partial charge is 0.497 e. The van der Waals surface area contributed by atoms with Crippen molar-refractivity contribution in [3.05, 3.63) is 64.4 Å². The van der Waals surface area contributed by atoms with Crippen LogP contribution in [-0.4, -0.2) is 77.5 Å². The van der Waals surface area contributed by atoms with E-state index in [1.807, 2.05) is 29.2 Å². The van der Waals surface area contributed by atoms with Gasteiger partial charge in [0.2, 0.25) is 5.95 Å². The Kier molecular flexibility index (Phi) is 10.2. The van der Waals surface area contributed by atoms with Crippen LogP contribution in [0.5, 0.6) is 5.75 Å². The molecule has 2 atom stereocenters. The molecular formula is C36H43ClN10O4Si. The Labute approximate surface area is 309 Å².